The number of benzene rings is 2. The summed E-state index contributed by atoms with van der Waals surface area (Å²) < 4.78 is 1.91. The highest BCUT2D eigenvalue weighted by atomic mass is 16.1. The van der Waals surface area contributed by atoms with Gasteiger partial charge in [-0.25, -0.2) is 4.98 Å². The fraction of sp³-hybridized carbons (Fsp3) is 0. The van der Waals surface area contributed by atoms with E-state index < -0.39 is 0 Å². The molecule has 2 N–H and O–H groups in total. The number of pyridine rings is 1. The minimum atomic E-state index is -0.180. The van der Waals surface area contributed by atoms with Crippen molar-refractivity contribution in [2.24, 2.45) is 0 Å². The van der Waals surface area contributed by atoms with E-state index in [0.717, 1.165) is 27.8 Å². The average molecular weight is 353 g/mol. The van der Waals surface area contributed by atoms with Crippen LogP contribution in [0.15, 0.2) is 79.3 Å². The van der Waals surface area contributed by atoms with Gasteiger partial charge in [0.15, 0.2) is 0 Å². The number of aromatic amines is 1. The van der Waals surface area contributed by atoms with Crippen molar-refractivity contribution in [1.29, 1.82) is 0 Å². The van der Waals surface area contributed by atoms with E-state index in [9.17, 15) is 4.79 Å². The number of H-pyrrole nitrogens is 1. The Balaban J connectivity index is 1.44. The summed E-state index contributed by atoms with van der Waals surface area (Å²) in [6.07, 6.45) is 5.55. The second-order valence-corrected chi connectivity index (χ2v) is 6.30. The Morgan fingerprint density at radius 1 is 1.04 bits per heavy atom. The summed E-state index contributed by atoms with van der Waals surface area (Å²) in [4.78, 5) is 17.3. The molecule has 0 radical (unpaired) electrons. The first-order chi connectivity index (χ1) is 13.3. The molecule has 130 valence electrons. The van der Waals surface area contributed by atoms with E-state index in [0.29, 0.717) is 11.3 Å². The molecule has 0 saturated heterocycles. The predicted octanol–water partition coefficient (Wildman–Crippen LogP) is 4.13. The van der Waals surface area contributed by atoms with Gasteiger partial charge < -0.3 is 9.72 Å². The van der Waals surface area contributed by atoms with Crippen molar-refractivity contribution in [2.45, 2.75) is 0 Å². The van der Waals surface area contributed by atoms with Gasteiger partial charge in [0, 0.05) is 34.6 Å². The van der Waals surface area contributed by atoms with Crippen LogP contribution in [0.5, 0.6) is 0 Å². The zero-order valence-electron chi connectivity index (χ0n) is 14.3. The molecule has 0 fully saturated rings. The summed E-state index contributed by atoms with van der Waals surface area (Å²) in [5.74, 6) is -0.180. The number of nitrogens with one attached hydrogen (secondary N) is 2. The summed E-state index contributed by atoms with van der Waals surface area (Å²) in [6, 6.07) is 19.2. The largest absolute Gasteiger partial charge is 0.322 e. The fourth-order valence-corrected chi connectivity index (χ4v) is 3.09. The van der Waals surface area contributed by atoms with Gasteiger partial charge in [0.25, 0.3) is 5.91 Å². The van der Waals surface area contributed by atoms with Crippen LogP contribution in [-0.2, 0) is 0 Å². The molecule has 0 spiro atoms. The molecule has 3 aromatic heterocycles. The van der Waals surface area contributed by atoms with Gasteiger partial charge in [-0.3, -0.25) is 9.89 Å². The lowest BCUT2D eigenvalue weighted by Gasteiger charge is -2.05. The standard InChI is InChI=1S/C21H15N5O/c27-21(23-17-7-6-16-12-22-25-18(16)11-17)15-8-9-26-13-19(24-20(26)10-15)14-4-2-1-3-5-14/h1-13H,(H,22,25)(H,23,27). The van der Waals surface area contributed by atoms with E-state index in [1.807, 2.05) is 65.3 Å². The predicted molar refractivity (Wildman–Crippen MR) is 105 cm³/mol. The monoisotopic (exact) mass is 353 g/mol. The van der Waals surface area contributed by atoms with Crippen LogP contribution in [0.3, 0.4) is 0 Å². The van der Waals surface area contributed by atoms with Crippen LogP contribution in [0.4, 0.5) is 5.69 Å². The molecule has 1 amide bonds. The number of amides is 1. The molecule has 3 heterocycles. The molecule has 0 atom stereocenters. The van der Waals surface area contributed by atoms with Gasteiger partial charge in [-0.05, 0) is 30.3 Å². The Morgan fingerprint density at radius 3 is 2.81 bits per heavy atom. The summed E-state index contributed by atoms with van der Waals surface area (Å²) in [5.41, 5.74) is 4.79. The maximum Gasteiger partial charge on any atom is 0.255 e. The molecule has 0 aliphatic rings. The van der Waals surface area contributed by atoms with Crippen LogP contribution in [0.25, 0.3) is 27.8 Å². The van der Waals surface area contributed by atoms with E-state index >= 15 is 0 Å². The van der Waals surface area contributed by atoms with Gasteiger partial charge >= 0.3 is 0 Å². The minimum absolute atomic E-state index is 0.180. The summed E-state index contributed by atoms with van der Waals surface area (Å²) in [6.45, 7) is 0. The number of imidazole rings is 1. The van der Waals surface area contributed by atoms with Crippen LogP contribution in [0.2, 0.25) is 0 Å². The third kappa shape index (κ3) is 2.83. The normalized spacial score (nSPS) is 11.1. The average Bonchev–Trinajstić information content (AvgIpc) is 3.34. The number of aromatic nitrogens is 4. The number of hydrogen-bond donors (Lipinski definition) is 2. The molecule has 2 aromatic carbocycles. The van der Waals surface area contributed by atoms with Gasteiger partial charge in [-0.15, -0.1) is 0 Å². The topological polar surface area (TPSA) is 75.1 Å². The Hall–Kier alpha value is -3.93. The number of carbonyl (C=O) groups excluding carboxylic acids is 1. The molecule has 0 saturated carbocycles. The fourth-order valence-electron chi connectivity index (χ4n) is 3.09. The number of carbonyl (C=O) groups is 1. The Labute approximate surface area is 154 Å². The van der Waals surface area contributed by atoms with Gasteiger partial charge in [-0.1, -0.05) is 30.3 Å². The highest BCUT2D eigenvalue weighted by molar-refractivity contribution is 6.05. The Morgan fingerprint density at radius 2 is 1.93 bits per heavy atom. The second-order valence-electron chi connectivity index (χ2n) is 6.30. The molecule has 5 rings (SSSR count). The molecule has 6 heteroatoms. The maximum absolute atomic E-state index is 12.6. The van der Waals surface area contributed by atoms with E-state index in [2.05, 4.69) is 20.5 Å². The maximum atomic E-state index is 12.6. The van der Waals surface area contributed by atoms with Gasteiger partial charge in [0.05, 0.1) is 17.4 Å². The molecule has 27 heavy (non-hydrogen) atoms. The van der Waals surface area contributed by atoms with E-state index in [-0.39, 0.29) is 5.91 Å². The quantitative estimate of drug-likeness (QED) is 0.512. The summed E-state index contributed by atoms with van der Waals surface area (Å²) in [5, 5.41) is 10.8. The highest BCUT2D eigenvalue weighted by Gasteiger charge is 2.10. The van der Waals surface area contributed by atoms with Crippen LogP contribution in [0.1, 0.15) is 10.4 Å². The Bertz CT molecular complexity index is 1270. The zero-order chi connectivity index (χ0) is 18.2. The van der Waals surface area contributed by atoms with Crippen molar-refractivity contribution in [1.82, 2.24) is 19.6 Å². The van der Waals surface area contributed by atoms with Crippen LogP contribution in [0, 0.1) is 0 Å². The van der Waals surface area contributed by atoms with E-state index in [1.54, 1.807) is 18.3 Å². The molecule has 0 unspecified atom stereocenters. The molecule has 0 aliphatic heterocycles. The number of nitrogens with zero attached hydrogens (tertiary/aromatic N) is 3. The van der Waals surface area contributed by atoms with E-state index in [1.165, 1.54) is 0 Å². The Kier molecular flexibility index (Phi) is 3.47. The highest BCUT2D eigenvalue weighted by Crippen LogP contribution is 2.20. The third-order valence-electron chi connectivity index (χ3n) is 4.49. The molecule has 0 aliphatic carbocycles. The first kappa shape index (κ1) is 15.3. The van der Waals surface area contributed by atoms with Crippen molar-refractivity contribution in [3.63, 3.8) is 0 Å². The molecular weight excluding hydrogens is 338 g/mol. The van der Waals surface area contributed by atoms with Gasteiger partial charge in [0.1, 0.15) is 5.65 Å². The number of rotatable bonds is 3. The lowest BCUT2D eigenvalue weighted by atomic mass is 10.2. The third-order valence-corrected chi connectivity index (χ3v) is 4.49. The molecule has 5 aromatic rings. The van der Waals surface area contributed by atoms with Crippen molar-refractivity contribution in [2.75, 3.05) is 5.32 Å². The molecule has 0 bridgehead atoms. The number of hydrogen-bond acceptors (Lipinski definition) is 3. The van der Waals surface area contributed by atoms with Gasteiger partial charge in [-0.2, -0.15) is 5.10 Å². The lowest BCUT2D eigenvalue weighted by Crippen LogP contribution is -2.12. The van der Waals surface area contributed by atoms with Crippen LogP contribution >= 0.6 is 0 Å². The first-order valence-electron chi connectivity index (χ1n) is 8.55. The van der Waals surface area contributed by atoms with Crippen LogP contribution in [-0.4, -0.2) is 25.5 Å². The smallest absolute Gasteiger partial charge is 0.255 e. The zero-order valence-corrected chi connectivity index (χ0v) is 14.3. The van der Waals surface area contributed by atoms with Crippen molar-refractivity contribution < 1.29 is 4.79 Å². The second kappa shape index (κ2) is 6.10. The number of anilines is 1. The lowest BCUT2D eigenvalue weighted by molar-refractivity contribution is 0.102. The molecular formula is C21H15N5O. The van der Waals surface area contributed by atoms with Gasteiger partial charge in [0.2, 0.25) is 0 Å². The molecule has 6 nitrogen and oxygen atoms in total. The van der Waals surface area contributed by atoms with Crippen LogP contribution < -0.4 is 5.32 Å². The van der Waals surface area contributed by atoms with Crippen molar-refractivity contribution in [3.05, 3.63) is 84.8 Å². The first-order valence-corrected chi connectivity index (χ1v) is 8.55. The minimum Gasteiger partial charge on any atom is -0.322 e. The van der Waals surface area contributed by atoms with Crippen molar-refractivity contribution >= 4 is 28.1 Å². The summed E-state index contributed by atoms with van der Waals surface area (Å²) in [7, 11) is 0. The number of fused-ring (bicyclic) bond motifs is 2. The van der Waals surface area contributed by atoms with Crippen molar-refractivity contribution in [3.8, 4) is 11.3 Å². The summed E-state index contributed by atoms with van der Waals surface area (Å²) >= 11 is 0. The van der Waals surface area contributed by atoms with E-state index in [4.69, 9.17) is 0 Å². The SMILES string of the molecule is O=C(Nc1ccc2cn[nH]c2c1)c1ccn2cc(-c3ccccc3)nc2c1.